The Bertz CT molecular complexity index is 222. The van der Waals surface area contributed by atoms with Gasteiger partial charge in [0.2, 0.25) is 0 Å². The average molecular weight is 241 g/mol. The number of carbonyl (C=O) groups excluding carboxylic acids is 1. The fourth-order valence-electron chi connectivity index (χ4n) is 2.85. The van der Waals surface area contributed by atoms with Crippen LogP contribution in [-0.4, -0.2) is 38.1 Å². The van der Waals surface area contributed by atoms with Crippen molar-refractivity contribution in [3.8, 4) is 0 Å². The predicted octanol–water partition coefficient (Wildman–Crippen LogP) is 2.70. The molecule has 0 heterocycles. The standard InChI is InChI=1S/C14H27NO2/c1-4-9-15(2)11-13-7-5-12(6-8-13)10-14(16)17-3/h12-13H,4-11H2,1-3H3. The molecular formula is C14H27NO2. The third-order valence-electron chi connectivity index (χ3n) is 3.82. The SMILES string of the molecule is CCCN(C)CC1CCC(CC(=O)OC)CC1. The van der Waals surface area contributed by atoms with E-state index in [-0.39, 0.29) is 5.97 Å². The van der Waals surface area contributed by atoms with E-state index in [0.29, 0.717) is 12.3 Å². The van der Waals surface area contributed by atoms with Crippen molar-refractivity contribution in [3.05, 3.63) is 0 Å². The molecule has 1 saturated carbocycles. The summed E-state index contributed by atoms with van der Waals surface area (Å²) in [7, 11) is 3.69. The van der Waals surface area contributed by atoms with Crippen LogP contribution in [-0.2, 0) is 9.53 Å². The lowest BCUT2D eigenvalue weighted by atomic mass is 9.80. The molecule has 0 N–H and O–H groups in total. The average Bonchev–Trinajstić information content (AvgIpc) is 2.32. The number of hydrogen-bond acceptors (Lipinski definition) is 3. The Kier molecular flexibility index (Phi) is 6.56. The minimum Gasteiger partial charge on any atom is -0.469 e. The second-order valence-corrected chi connectivity index (χ2v) is 5.43. The van der Waals surface area contributed by atoms with Crippen molar-refractivity contribution in [3.63, 3.8) is 0 Å². The van der Waals surface area contributed by atoms with Gasteiger partial charge in [-0.05, 0) is 57.5 Å². The van der Waals surface area contributed by atoms with Crippen LogP contribution in [0.1, 0.15) is 45.4 Å². The molecule has 0 saturated heterocycles. The fraction of sp³-hybridized carbons (Fsp3) is 0.929. The summed E-state index contributed by atoms with van der Waals surface area (Å²) in [4.78, 5) is 13.6. The van der Waals surface area contributed by atoms with Gasteiger partial charge in [0.25, 0.3) is 0 Å². The van der Waals surface area contributed by atoms with Gasteiger partial charge in [0.15, 0.2) is 0 Å². The molecule has 0 spiro atoms. The van der Waals surface area contributed by atoms with Gasteiger partial charge in [-0.2, -0.15) is 0 Å². The van der Waals surface area contributed by atoms with E-state index in [1.54, 1.807) is 0 Å². The molecular weight excluding hydrogens is 214 g/mol. The summed E-state index contributed by atoms with van der Waals surface area (Å²) >= 11 is 0. The minimum absolute atomic E-state index is 0.0449. The topological polar surface area (TPSA) is 29.5 Å². The zero-order chi connectivity index (χ0) is 12.7. The van der Waals surface area contributed by atoms with E-state index in [2.05, 4.69) is 18.9 Å². The highest BCUT2D eigenvalue weighted by Crippen LogP contribution is 2.31. The minimum atomic E-state index is -0.0449. The van der Waals surface area contributed by atoms with Crippen LogP contribution >= 0.6 is 0 Å². The summed E-state index contributed by atoms with van der Waals surface area (Å²) in [5.41, 5.74) is 0. The molecule has 1 aliphatic carbocycles. The van der Waals surface area contributed by atoms with E-state index in [1.807, 2.05) is 0 Å². The predicted molar refractivity (Wildman–Crippen MR) is 69.9 cm³/mol. The molecule has 17 heavy (non-hydrogen) atoms. The lowest BCUT2D eigenvalue weighted by Crippen LogP contribution is -2.29. The first-order valence-electron chi connectivity index (χ1n) is 6.91. The number of ether oxygens (including phenoxy) is 1. The number of hydrogen-bond donors (Lipinski definition) is 0. The summed E-state index contributed by atoms with van der Waals surface area (Å²) in [6, 6.07) is 0. The molecule has 0 aromatic carbocycles. The first kappa shape index (κ1) is 14.5. The van der Waals surface area contributed by atoms with Crippen molar-refractivity contribution in [1.82, 2.24) is 4.90 Å². The largest absolute Gasteiger partial charge is 0.469 e. The summed E-state index contributed by atoms with van der Waals surface area (Å²) in [5.74, 6) is 1.35. The summed E-state index contributed by atoms with van der Waals surface area (Å²) < 4.78 is 4.73. The maximum Gasteiger partial charge on any atom is 0.305 e. The monoisotopic (exact) mass is 241 g/mol. The molecule has 1 aliphatic rings. The van der Waals surface area contributed by atoms with Crippen molar-refractivity contribution >= 4 is 5.97 Å². The van der Waals surface area contributed by atoms with Gasteiger partial charge >= 0.3 is 5.97 Å². The van der Waals surface area contributed by atoms with E-state index in [4.69, 9.17) is 4.74 Å². The van der Waals surface area contributed by atoms with Crippen LogP contribution in [0.4, 0.5) is 0 Å². The lowest BCUT2D eigenvalue weighted by Gasteiger charge is -2.30. The van der Waals surface area contributed by atoms with Crippen LogP contribution in [0.2, 0.25) is 0 Å². The maximum atomic E-state index is 11.2. The molecule has 0 amide bonds. The normalized spacial score (nSPS) is 24.9. The number of carbonyl (C=O) groups is 1. The molecule has 0 aromatic heterocycles. The summed E-state index contributed by atoms with van der Waals surface area (Å²) in [5, 5.41) is 0. The van der Waals surface area contributed by atoms with Crippen LogP contribution < -0.4 is 0 Å². The molecule has 0 aliphatic heterocycles. The molecule has 3 heteroatoms. The van der Waals surface area contributed by atoms with E-state index >= 15 is 0 Å². The molecule has 100 valence electrons. The first-order chi connectivity index (χ1) is 8.15. The quantitative estimate of drug-likeness (QED) is 0.670. The molecule has 0 unspecified atom stereocenters. The zero-order valence-electron chi connectivity index (χ0n) is 11.6. The Balaban J connectivity index is 2.19. The van der Waals surface area contributed by atoms with Crippen LogP contribution in [0.3, 0.4) is 0 Å². The zero-order valence-corrected chi connectivity index (χ0v) is 11.6. The lowest BCUT2D eigenvalue weighted by molar-refractivity contribution is -0.142. The maximum absolute atomic E-state index is 11.2. The highest BCUT2D eigenvalue weighted by Gasteiger charge is 2.23. The van der Waals surface area contributed by atoms with Crippen LogP contribution in [0, 0.1) is 11.8 Å². The highest BCUT2D eigenvalue weighted by molar-refractivity contribution is 5.69. The number of methoxy groups -OCH3 is 1. The van der Waals surface area contributed by atoms with Gasteiger partial charge in [-0.1, -0.05) is 6.92 Å². The van der Waals surface area contributed by atoms with Crippen LogP contribution in [0.5, 0.6) is 0 Å². The fourth-order valence-corrected chi connectivity index (χ4v) is 2.85. The van der Waals surface area contributed by atoms with Crippen molar-refractivity contribution in [2.24, 2.45) is 11.8 Å². The molecule has 0 aromatic rings. The first-order valence-corrected chi connectivity index (χ1v) is 6.91. The number of rotatable bonds is 6. The second kappa shape index (κ2) is 7.70. The van der Waals surface area contributed by atoms with Crippen LogP contribution in [0.25, 0.3) is 0 Å². The van der Waals surface area contributed by atoms with Crippen molar-refractivity contribution in [2.75, 3.05) is 27.2 Å². The molecule has 3 nitrogen and oxygen atoms in total. The smallest absolute Gasteiger partial charge is 0.305 e. The summed E-state index contributed by atoms with van der Waals surface area (Å²) in [6.07, 6.45) is 6.78. The van der Waals surface area contributed by atoms with E-state index in [0.717, 1.165) is 5.92 Å². The third-order valence-corrected chi connectivity index (χ3v) is 3.82. The number of nitrogens with zero attached hydrogens (tertiary/aromatic N) is 1. The Hall–Kier alpha value is -0.570. The van der Waals surface area contributed by atoms with Crippen molar-refractivity contribution in [1.29, 1.82) is 0 Å². The molecule has 0 radical (unpaired) electrons. The van der Waals surface area contributed by atoms with Crippen molar-refractivity contribution in [2.45, 2.75) is 45.4 Å². The molecule has 0 atom stereocenters. The van der Waals surface area contributed by atoms with Gasteiger partial charge in [-0.25, -0.2) is 0 Å². The van der Waals surface area contributed by atoms with Crippen LogP contribution in [0.15, 0.2) is 0 Å². The van der Waals surface area contributed by atoms with Gasteiger partial charge in [0.1, 0.15) is 0 Å². The molecule has 0 bridgehead atoms. The third kappa shape index (κ3) is 5.53. The molecule has 1 fully saturated rings. The van der Waals surface area contributed by atoms with Gasteiger partial charge in [-0.15, -0.1) is 0 Å². The number of esters is 1. The van der Waals surface area contributed by atoms with E-state index < -0.39 is 0 Å². The summed E-state index contributed by atoms with van der Waals surface area (Å²) in [6.45, 7) is 4.64. The Morgan fingerprint density at radius 2 is 1.82 bits per heavy atom. The van der Waals surface area contributed by atoms with Crippen molar-refractivity contribution < 1.29 is 9.53 Å². The Morgan fingerprint density at radius 3 is 2.35 bits per heavy atom. The Morgan fingerprint density at radius 1 is 1.24 bits per heavy atom. The van der Waals surface area contributed by atoms with E-state index in [9.17, 15) is 4.79 Å². The van der Waals surface area contributed by atoms with Gasteiger partial charge in [-0.3, -0.25) is 4.79 Å². The van der Waals surface area contributed by atoms with Gasteiger partial charge < -0.3 is 9.64 Å². The molecule has 1 rings (SSSR count). The Labute approximate surface area is 106 Å². The van der Waals surface area contributed by atoms with E-state index in [1.165, 1.54) is 52.3 Å². The van der Waals surface area contributed by atoms with Gasteiger partial charge in [0, 0.05) is 13.0 Å². The second-order valence-electron chi connectivity index (χ2n) is 5.43. The highest BCUT2D eigenvalue weighted by atomic mass is 16.5. The van der Waals surface area contributed by atoms with Gasteiger partial charge in [0.05, 0.1) is 7.11 Å².